The fourth-order valence-corrected chi connectivity index (χ4v) is 2.97. The first-order valence-corrected chi connectivity index (χ1v) is 7.42. The van der Waals surface area contributed by atoms with Gasteiger partial charge in [0.15, 0.2) is 0 Å². The van der Waals surface area contributed by atoms with E-state index in [9.17, 15) is 4.39 Å². The average Bonchev–Trinajstić information content (AvgIpc) is 3.25. The van der Waals surface area contributed by atoms with Gasteiger partial charge in [-0.25, -0.2) is 4.39 Å². The van der Waals surface area contributed by atoms with Crippen molar-refractivity contribution in [3.05, 3.63) is 35.6 Å². The number of hydrogen-bond acceptors (Lipinski definition) is 2. The molecule has 0 radical (unpaired) electrons. The number of nitrogens with two attached hydrogens (primary N) is 1. The van der Waals surface area contributed by atoms with Gasteiger partial charge in [0.1, 0.15) is 5.82 Å². The number of halogens is 1. The Morgan fingerprint density at radius 1 is 1.26 bits per heavy atom. The van der Waals surface area contributed by atoms with E-state index in [1.165, 1.54) is 25.7 Å². The Labute approximate surface area is 114 Å². The molecule has 0 saturated heterocycles. The van der Waals surface area contributed by atoms with Crippen molar-refractivity contribution in [2.45, 2.75) is 50.7 Å². The smallest absolute Gasteiger partial charge is 0.128 e. The van der Waals surface area contributed by atoms with E-state index in [2.05, 4.69) is 4.90 Å². The molecule has 2 atom stereocenters. The van der Waals surface area contributed by atoms with E-state index in [1.807, 2.05) is 19.1 Å². The summed E-state index contributed by atoms with van der Waals surface area (Å²) in [5, 5.41) is 0. The molecular formula is C16H23FN2. The predicted octanol–water partition coefficient (Wildman–Crippen LogP) is 3.09. The van der Waals surface area contributed by atoms with E-state index in [-0.39, 0.29) is 17.9 Å². The highest BCUT2D eigenvalue weighted by Crippen LogP contribution is 2.40. The molecule has 2 aliphatic carbocycles. The van der Waals surface area contributed by atoms with Crippen molar-refractivity contribution in [2.24, 2.45) is 11.7 Å². The average molecular weight is 262 g/mol. The zero-order valence-corrected chi connectivity index (χ0v) is 11.6. The summed E-state index contributed by atoms with van der Waals surface area (Å²) in [6, 6.07) is 7.70. The lowest BCUT2D eigenvalue weighted by Crippen LogP contribution is -2.42. The van der Waals surface area contributed by atoms with Crippen LogP contribution in [0.5, 0.6) is 0 Å². The maximum atomic E-state index is 14.1. The van der Waals surface area contributed by atoms with E-state index in [1.54, 1.807) is 12.1 Å². The van der Waals surface area contributed by atoms with Crippen LogP contribution in [0.4, 0.5) is 4.39 Å². The van der Waals surface area contributed by atoms with Gasteiger partial charge in [-0.3, -0.25) is 4.90 Å². The second-order valence-corrected chi connectivity index (χ2v) is 6.20. The lowest BCUT2D eigenvalue weighted by Gasteiger charge is -2.35. The molecule has 0 aromatic heterocycles. The molecule has 104 valence electrons. The summed E-state index contributed by atoms with van der Waals surface area (Å²) < 4.78 is 14.1. The maximum absolute atomic E-state index is 14.1. The van der Waals surface area contributed by atoms with Gasteiger partial charge >= 0.3 is 0 Å². The zero-order valence-electron chi connectivity index (χ0n) is 11.6. The fraction of sp³-hybridized carbons (Fsp3) is 0.625. The van der Waals surface area contributed by atoms with Crippen LogP contribution in [0, 0.1) is 11.7 Å². The third kappa shape index (κ3) is 2.98. The molecule has 2 saturated carbocycles. The van der Waals surface area contributed by atoms with Crippen molar-refractivity contribution in [3.63, 3.8) is 0 Å². The highest BCUT2D eigenvalue weighted by atomic mass is 19.1. The van der Waals surface area contributed by atoms with E-state index in [0.717, 1.165) is 18.0 Å². The Morgan fingerprint density at radius 3 is 2.47 bits per heavy atom. The third-order valence-electron chi connectivity index (χ3n) is 4.26. The summed E-state index contributed by atoms with van der Waals surface area (Å²) in [5.74, 6) is 0.694. The molecule has 19 heavy (non-hydrogen) atoms. The second-order valence-electron chi connectivity index (χ2n) is 6.20. The molecule has 0 heterocycles. The van der Waals surface area contributed by atoms with Crippen LogP contribution in [0.1, 0.15) is 44.2 Å². The summed E-state index contributed by atoms with van der Waals surface area (Å²) in [5.41, 5.74) is 6.96. The molecular weight excluding hydrogens is 239 g/mol. The van der Waals surface area contributed by atoms with Crippen LogP contribution in [0.3, 0.4) is 0 Å². The number of benzene rings is 1. The van der Waals surface area contributed by atoms with Crippen molar-refractivity contribution in [1.82, 2.24) is 4.90 Å². The van der Waals surface area contributed by atoms with Gasteiger partial charge in [0, 0.05) is 24.2 Å². The molecule has 0 bridgehead atoms. The third-order valence-corrected chi connectivity index (χ3v) is 4.26. The Morgan fingerprint density at radius 2 is 1.95 bits per heavy atom. The maximum Gasteiger partial charge on any atom is 0.128 e. The minimum absolute atomic E-state index is 0.0225. The van der Waals surface area contributed by atoms with Crippen molar-refractivity contribution in [1.29, 1.82) is 0 Å². The van der Waals surface area contributed by atoms with Gasteiger partial charge in [0.05, 0.1) is 6.04 Å². The lowest BCUT2D eigenvalue weighted by molar-refractivity contribution is 0.155. The van der Waals surface area contributed by atoms with Crippen LogP contribution in [-0.4, -0.2) is 23.5 Å². The Bertz CT molecular complexity index is 438. The van der Waals surface area contributed by atoms with E-state index >= 15 is 0 Å². The molecule has 0 aliphatic heterocycles. The monoisotopic (exact) mass is 262 g/mol. The van der Waals surface area contributed by atoms with Crippen molar-refractivity contribution in [3.8, 4) is 0 Å². The molecule has 0 amide bonds. The van der Waals surface area contributed by atoms with Gasteiger partial charge in [-0.2, -0.15) is 0 Å². The second kappa shape index (κ2) is 5.22. The molecule has 2 nitrogen and oxygen atoms in total. The highest BCUT2D eigenvalue weighted by Gasteiger charge is 2.39. The van der Waals surface area contributed by atoms with Crippen molar-refractivity contribution >= 4 is 0 Å². The van der Waals surface area contributed by atoms with Gasteiger partial charge in [0.25, 0.3) is 0 Å². The lowest BCUT2D eigenvalue weighted by atomic mass is 9.98. The topological polar surface area (TPSA) is 29.3 Å². The Kier molecular flexibility index (Phi) is 3.59. The van der Waals surface area contributed by atoms with Crippen LogP contribution in [0.2, 0.25) is 0 Å². The van der Waals surface area contributed by atoms with E-state index < -0.39 is 0 Å². The molecule has 2 N–H and O–H groups in total. The Hall–Kier alpha value is -0.930. The standard InChI is InChI=1S/C16H23FN2/c1-11(18)16(14-4-2-3-5-15(14)17)19(13-8-9-13)10-12-6-7-12/h2-5,11-13,16H,6-10,18H2,1H3. The Balaban J connectivity index is 1.87. The quantitative estimate of drug-likeness (QED) is 0.853. The molecule has 1 aromatic rings. The van der Waals surface area contributed by atoms with Crippen LogP contribution in [0.25, 0.3) is 0 Å². The van der Waals surface area contributed by atoms with Gasteiger partial charge in [-0.1, -0.05) is 18.2 Å². The minimum atomic E-state index is -0.119. The zero-order chi connectivity index (χ0) is 13.4. The first-order valence-electron chi connectivity index (χ1n) is 7.42. The molecule has 2 fully saturated rings. The molecule has 2 aliphatic rings. The molecule has 3 rings (SSSR count). The summed E-state index contributed by atoms with van der Waals surface area (Å²) in [4.78, 5) is 2.47. The summed E-state index contributed by atoms with van der Waals surface area (Å²) >= 11 is 0. The summed E-state index contributed by atoms with van der Waals surface area (Å²) in [6.45, 7) is 3.09. The minimum Gasteiger partial charge on any atom is -0.326 e. The number of nitrogens with zero attached hydrogens (tertiary/aromatic N) is 1. The van der Waals surface area contributed by atoms with Crippen molar-refractivity contribution < 1.29 is 4.39 Å². The van der Waals surface area contributed by atoms with Gasteiger partial charge in [0.2, 0.25) is 0 Å². The summed E-state index contributed by atoms with van der Waals surface area (Å²) in [7, 11) is 0. The van der Waals surface area contributed by atoms with E-state index in [4.69, 9.17) is 5.73 Å². The van der Waals surface area contributed by atoms with Crippen LogP contribution in [0.15, 0.2) is 24.3 Å². The normalized spacial score (nSPS) is 22.5. The SMILES string of the molecule is CC(N)C(c1ccccc1F)N(CC1CC1)C1CC1. The molecule has 0 spiro atoms. The number of hydrogen-bond donors (Lipinski definition) is 1. The van der Waals surface area contributed by atoms with Crippen LogP contribution < -0.4 is 5.73 Å². The predicted molar refractivity (Wildman–Crippen MR) is 75.2 cm³/mol. The molecule has 3 heteroatoms. The first kappa shape index (κ1) is 13.1. The summed E-state index contributed by atoms with van der Waals surface area (Å²) in [6.07, 6.45) is 5.13. The first-order chi connectivity index (χ1) is 9.16. The van der Waals surface area contributed by atoms with E-state index in [0.29, 0.717) is 6.04 Å². The van der Waals surface area contributed by atoms with Crippen LogP contribution in [-0.2, 0) is 0 Å². The number of rotatable bonds is 6. The van der Waals surface area contributed by atoms with Gasteiger partial charge in [-0.05, 0) is 44.6 Å². The highest BCUT2D eigenvalue weighted by molar-refractivity contribution is 5.23. The molecule has 1 aromatic carbocycles. The van der Waals surface area contributed by atoms with Crippen molar-refractivity contribution in [2.75, 3.05) is 6.54 Å². The molecule has 2 unspecified atom stereocenters. The van der Waals surface area contributed by atoms with Crippen LogP contribution >= 0.6 is 0 Å². The van der Waals surface area contributed by atoms with Gasteiger partial charge in [-0.15, -0.1) is 0 Å². The largest absolute Gasteiger partial charge is 0.326 e. The fourth-order valence-electron chi connectivity index (χ4n) is 2.97. The van der Waals surface area contributed by atoms with Gasteiger partial charge < -0.3 is 5.73 Å².